The molecule has 138 valence electrons. The molecule has 7 nitrogen and oxygen atoms in total. The third kappa shape index (κ3) is 5.96. The SMILES string of the molecule is COc1cc(C=NNC(N)=O)cc(Br)c1OCCOc1cccc(C)c1. The molecule has 2 rings (SSSR count). The molecule has 3 N–H and O–H groups in total. The summed E-state index contributed by atoms with van der Waals surface area (Å²) >= 11 is 3.45. The number of hydrazone groups is 1. The average molecular weight is 422 g/mol. The second-order valence-corrected chi connectivity index (χ2v) is 6.14. The highest BCUT2D eigenvalue weighted by Crippen LogP contribution is 2.36. The molecule has 0 bridgehead atoms. The molecule has 0 fully saturated rings. The van der Waals surface area contributed by atoms with Crippen LogP contribution in [-0.4, -0.2) is 32.6 Å². The van der Waals surface area contributed by atoms with Crippen LogP contribution in [0.2, 0.25) is 0 Å². The zero-order valence-corrected chi connectivity index (χ0v) is 16.1. The number of primary amides is 1. The first kappa shape index (κ1) is 19.6. The number of methoxy groups -OCH3 is 1. The van der Waals surface area contributed by atoms with Crippen LogP contribution in [0.25, 0.3) is 0 Å². The van der Waals surface area contributed by atoms with Gasteiger partial charge in [0.1, 0.15) is 19.0 Å². The van der Waals surface area contributed by atoms with Gasteiger partial charge >= 0.3 is 6.03 Å². The van der Waals surface area contributed by atoms with Gasteiger partial charge in [0, 0.05) is 0 Å². The highest BCUT2D eigenvalue weighted by atomic mass is 79.9. The molecule has 2 amide bonds. The minimum Gasteiger partial charge on any atom is -0.493 e. The van der Waals surface area contributed by atoms with Gasteiger partial charge in [-0.25, -0.2) is 10.2 Å². The number of carbonyl (C=O) groups excluding carboxylic acids is 1. The molecule has 0 aromatic heterocycles. The van der Waals surface area contributed by atoms with Crippen LogP contribution in [0.15, 0.2) is 46.0 Å². The number of halogens is 1. The lowest BCUT2D eigenvalue weighted by molar-refractivity contribution is 0.210. The van der Waals surface area contributed by atoms with Crippen molar-refractivity contribution in [2.45, 2.75) is 6.92 Å². The number of ether oxygens (including phenoxy) is 3. The van der Waals surface area contributed by atoms with E-state index in [2.05, 4.69) is 26.5 Å². The van der Waals surface area contributed by atoms with Gasteiger partial charge in [0.15, 0.2) is 11.5 Å². The van der Waals surface area contributed by atoms with Crippen molar-refractivity contribution in [2.75, 3.05) is 20.3 Å². The third-order valence-electron chi connectivity index (χ3n) is 3.23. The number of amides is 2. The van der Waals surface area contributed by atoms with Crippen LogP contribution in [0.1, 0.15) is 11.1 Å². The monoisotopic (exact) mass is 421 g/mol. The van der Waals surface area contributed by atoms with Crippen LogP contribution in [0.4, 0.5) is 4.79 Å². The van der Waals surface area contributed by atoms with E-state index in [0.717, 1.165) is 11.3 Å². The second kappa shape index (κ2) is 9.67. The van der Waals surface area contributed by atoms with Crippen LogP contribution in [-0.2, 0) is 0 Å². The van der Waals surface area contributed by atoms with Gasteiger partial charge < -0.3 is 19.9 Å². The molecule has 2 aromatic carbocycles. The zero-order valence-electron chi connectivity index (χ0n) is 14.5. The lowest BCUT2D eigenvalue weighted by atomic mass is 10.2. The maximum absolute atomic E-state index is 10.6. The van der Waals surface area contributed by atoms with E-state index in [1.54, 1.807) is 19.2 Å². The van der Waals surface area contributed by atoms with Crippen LogP contribution in [0, 0.1) is 6.92 Å². The molecule has 0 radical (unpaired) electrons. The number of nitrogens with zero attached hydrogens (tertiary/aromatic N) is 1. The van der Waals surface area contributed by atoms with Crippen molar-refractivity contribution < 1.29 is 19.0 Å². The van der Waals surface area contributed by atoms with Crippen molar-refractivity contribution in [3.63, 3.8) is 0 Å². The minimum atomic E-state index is -0.735. The highest BCUT2D eigenvalue weighted by Gasteiger charge is 2.11. The van der Waals surface area contributed by atoms with Crippen molar-refractivity contribution in [2.24, 2.45) is 10.8 Å². The Morgan fingerprint density at radius 3 is 2.73 bits per heavy atom. The van der Waals surface area contributed by atoms with Gasteiger partial charge in [-0.2, -0.15) is 5.10 Å². The highest BCUT2D eigenvalue weighted by molar-refractivity contribution is 9.10. The molecular weight excluding hydrogens is 402 g/mol. The molecule has 0 aliphatic carbocycles. The first-order valence-electron chi connectivity index (χ1n) is 7.78. The average Bonchev–Trinajstić information content (AvgIpc) is 2.59. The van der Waals surface area contributed by atoms with E-state index in [9.17, 15) is 4.79 Å². The van der Waals surface area contributed by atoms with Crippen LogP contribution in [0.3, 0.4) is 0 Å². The van der Waals surface area contributed by atoms with E-state index >= 15 is 0 Å². The van der Waals surface area contributed by atoms with E-state index in [1.807, 2.05) is 31.2 Å². The Kier molecular flexibility index (Phi) is 7.28. The molecule has 2 aromatic rings. The van der Waals surface area contributed by atoms with Crippen LogP contribution in [0.5, 0.6) is 17.2 Å². The Morgan fingerprint density at radius 1 is 1.27 bits per heavy atom. The smallest absolute Gasteiger partial charge is 0.332 e. The normalized spacial score (nSPS) is 10.6. The molecule has 0 saturated carbocycles. The molecular formula is C18H20BrN3O4. The number of benzene rings is 2. The standard InChI is InChI=1S/C18H20BrN3O4/c1-12-4-3-5-14(8-12)25-6-7-26-17-15(19)9-13(10-16(17)24-2)11-21-22-18(20)23/h3-5,8-11H,6-7H2,1-2H3,(H3,20,22,23). The summed E-state index contributed by atoms with van der Waals surface area (Å²) in [5.41, 5.74) is 8.92. The van der Waals surface area contributed by atoms with Crippen LogP contribution >= 0.6 is 15.9 Å². The van der Waals surface area contributed by atoms with Crippen molar-refractivity contribution in [1.82, 2.24) is 5.43 Å². The number of rotatable bonds is 8. The predicted molar refractivity (Wildman–Crippen MR) is 103 cm³/mol. The Bertz CT molecular complexity index is 796. The zero-order chi connectivity index (χ0) is 18.9. The molecule has 0 aliphatic rings. The number of aryl methyl sites for hydroxylation is 1. The molecule has 8 heteroatoms. The van der Waals surface area contributed by atoms with Crippen molar-refractivity contribution >= 4 is 28.2 Å². The van der Waals surface area contributed by atoms with Gasteiger partial charge in [0.25, 0.3) is 0 Å². The number of urea groups is 1. The van der Waals surface area contributed by atoms with Crippen molar-refractivity contribution in [3.8, 4) is 17.2 Å². The summed E-state index contributed by atoms with van der Waals surface area (Å²) in [5, 5.41) is 3.72. The predicted octanol–water partition coefficient (Wildman–Crippen LogP) is 3.23. The summed E-state index contributed by atoms with van der Waals surface area (Å²) in [7, 11) is 1.54. The fourth-order valence-electron chi connectivity index (χ4n) is 2.13. The van der Waals surface area contributed by atoms with Crippen molar-refractivity contribution in [3.05, 3.63) is 52.0 Å². The number of hydrogen-bond acceptors (Lipinski definition) is 5. The largest absolute Gasteiger partial charge is 0.493 e. The number of carbonyl (C=O) groups is 1. The van der Waals surface area contributed by atoms with Crippen molar-refractivity contribution in [1.29, 1.82) is 0 Å². The van der Waals surface area contributed by atoms with Gasteiger partial charge in [0.05, 0.1) is 17.8 Å². The number of nitrogens with two attached hydrogens (primary N) is 1. The Balaban J connectivity index is 1.97. The van der Waals surface area contributed by atoms with Gasteiger partial charge in [-0.05, 0) is 58.2 Å². The molecule has 0 spiro atoms. The molecule has 0 aliphatic heterocycles. The summed E-state index contributed by atoms with van der Waals surface area (Å²) in [6.07, 6.45) is 1.45. The first-order chi connectivity index (χ1) is 12.5. The van der Waals surface area contributed by atoms with Crippen LogP contribution < -0.4 is 25.4 Å². The van der Waals surface area contributed by atoms with E-state index in [0.29, 0.717) is 34.7 Å². The summed E-state index contributed by atoms with van der Waals surface area (Å²) in [6, 6.07) is 10.6. The van der Waals surface area contributed by atoms with E-state index in [4.69, 9.17) is 19.9 Å². The minimum absolute atomic E-state index is 0.347. The fraction of sp³-hybridized carbons (Fsp3) is 0.222. The van der Waals surface area contributed by atoms with E-state index in [-0.39, 0.29) is 0 Å². The summed E-state index contributed by atoms with van der Waals surface area (Å²) in [4.78, 5) is 10.6. The van der Waals surface area contributed by atoms with Gasteiger partial charge in [-0.1, -0.05) is 12.1 Å². The maximum Gasteiger partial charge on any atom is 0.332 e. The molecule has 0 unspecified atom stereocenters. The lowest BCUT2D eigenvalue weighted by Crippen LogP contribution is -2.24. The summed E-state index contributed by atoms with van der Waals surface area (Å²) < 4.78 is 17.5. The fourth-order valence-corrected chi connectivity index (χ4v) is 2.71. The first-order valence-corrected chi connectivity index (χ1v) is 8.57. The molecule has 0 heterocycles. The third-order valence-corrected chi connectivity index (χ3v) is 3.82. The maximum atomic E-state index is 10.6. The number of hydrogen-bond donors (Lipinski definition) is 2. The Morgan fingerprint density at radius 2 is 2.04 bits per heavy atom. The number of nitrogens with one attached hydrogen (secondary N) is 1. The molecule has 26 heavy (non-hydrogen) atoms. The lowest BCUT2D eigenvalue weighted by Gasteiger charge is -2.14. The molecule has 0 atom stereocenters. The van der Waals surface area contributed by atoms with E-state index < -0.39 is 6.03 Å². The second-order valence-electron chi connectivity index (χ2n) is 5.28. The Hall–Kier alpha value is -2.74. The van der Waals surface area contributed by atoms with E-state index in [1.165, 1.54) is 6.21 Å². The van der Waals surface area contributed by atoms with Gasteiger partial charge in [0.2, 0.25) is 0 Å². The van der Waals surface area contributed by atoms with Gasteiger partial charge in [-0.15, -0.1) is 0 Å². The Labute approximate surface area is 160 Å². The summed E-state index contributed by atoms with van der Waals surface area (Å²) in [6.45, 7) is 2.75. The summed E-state index contributed by atoms with van der Waals surface area (Å²) in [5.74, 6) is 1.88. The topological polar surface area (TPSA) is 95.2 Å². The van der Waals surface area contributed by atoms with Gasteiger partial charge in [-0.3, -0.25) is 0 Å². The quantitative estimate of drug-likeness (QED) is 0.388. The molecule has 0 saturated heterocycles.